The number of rotatable bonds is 7. The first kappa shape index (κ1) is 23.9. The standard InChI is InChI=1S/C24H31N3O4S/c1-17-16-20(24(29)27-15-5-4-6-18(27)2)10-13-22(17)26-23(28)14-9-19-7-11-21(12-8-19)32(30,31)25-3/h7-8,10-13,16,18,25H,4-6,9,14-15H2,1-3H3,(H,26,28). The molecule has 1 aliphatic heterocycles. The fourth-order valence-corrected chi connectivity index (χ4v) is 4.66. The molecule has 0 radical (unpaired) electrons. The minimum absolute atomic E-state index is 0.0434. The third kappa shape index (κ3) is 5.75. The van der Waals surface area contributed by atoms with Gasteiger partial charge in [-0.25, -0.2) is 13.1 Å². The van der Waals surface area contributed by atoms with Crippen molar-refractivity contribution in [3.8, 4) is 0 Å². The molecule has 1 heterocycles. The number of likely N-dealkylation sites (tertiary alicyclic amines) is 1. The third-order valence-electron chi connectivity index (χ3n) is 5.95. The Morgan fingerprint density at radius 1 is 1.09 bits per heavy atom. The molecule has 7 nitrogen and oxygen atoms in total. The van der Waals surface area contributed by atoms with E-state index >= 15 is 0 Å². The van der Waals surface area contributed by atoms with Crippen molar-refractivity contribution in [3.05, 3.63) is 59.2 Å². The molecule has 1 aliphatic rings. The number of carbonyl (C=O) groups excluding carboxylic acids is 2. The second kappa shape index (κ2) is 10.3. The first-order valence-electron chi connectivity index (χ1n) is 10.9. The second-order valence-corrected chi connectivity index (χ2v) is 10.2. The van der Waals surface area contributed by atoms with Gasteiger partial charge in [-0.15, -0.1) is 0 Å². The Bertz CT molecular complexity index is 1080. The van der Waals surface area contributed by atoms with Crippen molar-refractivity contribution in [2.75, 3.05) is 18.9 Å². The highest BCUT2D eigenvalue weighted by atomic mass is 32.2. The number of aryl methyl sites for hydroxylation is 2. The van der Waals surface area contributed by atoms with Gasteiger partial charge in [0, 0.05) is 30.3 Å². The van der Waals surface area contributed by atoms with Crippen LogP contribution >= 0.6 is 0 Å². The second-order valence-electron chi connectivity index (χ2n) is 8.27. The lowest BCUT2D eigenvalue weighted by molar-refractivity contribution is -0.116. The normalized spacial score (nSPS) is 16.6. The number of carbonyl (C=O) groups is 2. The van der Waals surface area contributed by atoms with Crippen LogP contribution in [0.4, 0.5) is 5.69 Å². The summed E-state index contributed by atoms with van der Waals surface area (Å²) >= 11 is 0. The number of nitrogens with zero attached hydrogens (tertiary/aromatic N) is 1. The molecule has 2 aromatic carbocycles. The molecular weight excluding hydrogens is 426 g/mol. The maximum Gasteiger partial charge on any atom is 0.254 e. The van der Waals surface area contributed by atoms with Crippen LogP contribution in [0.2, 0.25) is 0 Å². The quantitative estimate of drug-likeness (QED) is 0.665. The maximum atomic E-state index is 12.9. The van der Waals surface area contributed by atoms with Gasteiger partial charge in [0.1, 0.15) is 0 Å². The van der Waals surface area contributed by atoms with Gasteiger partial charge < -0.3 is 10.2 Å². The monoisotopic (exact) mass is 457 g/mol. The minimum Gasteiger partial charge on any atom is -0.336 e. The predicted octanol–water partition coefficient (Wildman–Crippen LogP) is 3.49. The summed E-state index contributed by atoms with van der Waals surface area (Å²) in [5.41, 5.74) is 3.05. The molecule has 1 atom stereocenters. The highest BCUT2D eigenvalue weighted by molar-refractivity contribution is 7.89. The Hall–Kier alpha value is -2.71. The molecule has 0 saturated carbocycles. The smallest absolute Gasteiger partial charge is 0.254 e. The first-order chi connectivity index (χ1) is 15.2. The molecule has 1 fully saturated rings. The van der Waals surface area contributed by atoms with Crippen LogP contribution in [0.25, 0.3) is 0 Å². The lowest BCUT2D eigenvalue weighted by Gasteiger charge is -2.33. The zero-order chi connectivity index (χ0) is 23.3. The van der Waals surface area contributed by atoms with Crippen LogP contribution in [-0.2, 0) is 21.2 Å². The Labute approximate surface area is 190 Å². The van der Waals surface area contributed by atoms with Crippen LogP contribution in [-0.4, -0.2) is 44.8 Å². The van der Waals surface area contributed by atoms with Crippen molar-refractivity contribution in [2.45, 2.75) is 56.9 Å². The molecule has 2 amide bonds. The summed E-state index contributed by atoms with van der Waals surface area (Å²) in [5.74, 6) is -0.0920. The van der Waals surface area contributed by atoms with Gasteiger partial charge in [0.05, 0.1) is 4.90 Å². The van der Waals surface area contributed by atoms with Crippen molar-refractivity contribution in [1.82, 2.24) is 9.62 Å². The molecule has 1 unspecified atom stereocenters. The van der Waals surface area contributed by atoms with Crippen LogP contribution < -0.4 is 10.0 Å². The molecule has 0 aromatic heterocycles. The number of piperidine rings is 1. The van der Waals surface area contributed by atoms with E-state index in [0.29, 0.717) is 17.7 Å². The molecule has 8 heteroatoms. The molecule has 0 aliphatic carbocycles. The average Bonchev–Trinajstić information content (AvgIpc) is 2.79. The largest absolute Gasteiger partial charge is 0.336 e. The van der Waals surface area contributed by atoms with E-state index in [2.05, 4.69) is 17.0 Å². The molecule has 32 heavy (non-hydrogen) atoms. The summed E-state index contributed by atoms with van der Waals surface area (Å²) in [6.07, 6.45) is 4.00. The van der Waals surface area contributed by atoms with Crippen LogP contribution in [0.3, 0.4) is 0 Å². The van der Waals surface area contributed by atoms with E-state index in [1.807, 2.05) is 17.9 Å². The Kier molecular flexibility index (Phi) is 7.69. The molecule has 2 N–H and O–H groups in total. The van der Waals surface area contributed by atoms with E-state index in [9.17, 15) is 18.0 Å². The van der Waals surface area contributed by atoms with E-state index < -0.39 is 10.0 Å². The fraction of sp³-hybridized carbons (Fsp3) is 0.417. The topological polar surface area (TPSA) is 95.6 Å². The summed E-state index contributed by atoms with van der Waals surface area (Å²) in [4.78, 5) is 27.4. The molecule has 0 bridgehead atoms. The van der Waals surface area contributed by atoms with E-state index in [-0.39, 0.29) is 29.2 Å². The van der Waals surface area contributed by atoms with Gasteiger partial charge in [0.2, 0.25) is 15.9 Å². The van der Waals surface area contributed by atoms with Gasteiger partial charge in [-0.3, -0.25) is 9.59 Å². The van der Waals surface area contributed by atoms with Crippen molar-refractivity contribution in [2.24, 2.45) is 0 Å². The molecule has 1 saturated heterocycles. The SMILES string of the molecule is CNS(=O)(=O)c1ccc(CCC(=O)Nc2ccc(C(=O)N3CCCCC3C)cc2C)cc1. The van der Waals surface area contributed by atoms with Crippen LogP contribution in [0.15, 0.2) is 47.4 Å². The van der Waals surface area contributed by atoms with Crippen molar-refractivity contribution in [1.29, 1.82) is 0 Å². The zero-order valence-electron chi connectivity index (χ0n) is 18.8. The van der Waals surface area contributed by atoms with Crippen molar-refractivity contribution < 1.29 is 18.0 Å². The van der Waals surface area contributed by atoms with Crippen LogP contribution in [0.5, 0.6) is 0 Å². The minimum atomic E-state index is -3.47. The zero-order valence-corrected chi connectivity index (χ0v) is 19.7. The van der Waals surface area contributed by atoms with E-state index in [4.69, 9.17) is 0 Å². The fourth-order valence-electron chi connectivity index (χ4n) is 3.93. The van der Waals surface area contributed by atoms with Gasteiger partial charge in [-0.2, -0.15) is 0 Å². The molecule has 0 spiro atoms. The Morgan fingerprint density at radius 3 is 2.44 bits per heavy atom. The highest BCUT2D eigenvalue weighted by Crippen LogP contribution is 2.22. The first-order valence-corrected chi connectivity index (χ1v) is 12.4. The van der Waals surface area contributed by atoms with E-state index in [1.165, 1.54) is 19.2 Å². The third-order valence-corrected chi connectivity index (χ3v) is 7.38. The molecule has 172 valence electrons. The Morgan fingerprint density at radius 2 is 1.81 bits per heavy atom. The van der Waals surface area contributed by atoms with Crippen molar-refractivity contribution >= 4 is 27.5 Å². The van der Waals surface area contributed by atoms with E-state index in [0.717, 1.165) is 36.9 Å². The number of hydrogen-bond acceptors (Lipinski definition) is 4. The number of benzene rings is 2. The molecule has 2 aromatic rings. The average molecular weight is 458 g/mol. The van der Waals surface area contributed by atoms with Crippen LogP contribution in [0, 0.1) is 6.92 Å². The van der Waals surface area contributed by atoms with Crippen molar-refractivity contribution in [3.63, 3.8) is 0 Å². The van der Waals surface area contributed by atoms with E-state index in [1.54, 1.807) is 24.3 Å². The maximum absolute atomic E-state index is 12.9. The van der Waals surface area contributed by atoms with Gasteiger partial charge in [0.25, 0.3) is 5.91 Å². The number of amides is 2. The summed E-state index contributed by atoms with van der Waals surface area (Å²) in [6.45, 7) is 4.76. The summed E-state index contributed by atoms with van der Waals surface area (Å²) in [6, 6.07) is 12.1. The van der Waals surface area contributed by atoms with Gasteiger partial charge in [-0.05, 0) is 88.0 Å². The summed E-state index contributed by atoms with van der Waals surface area (Å²) in [7, 11) is -2.10. The Balaban J connectivity index is 1.57. The number of nitrogens with one attached hydrogen (secondary N) is 2. The van der Waals surface area contributed by atoms with Crippen LogP contribution in [0.1, 0.15) is 54.1 Å². The van der Waals surface area contributed by atoms with Gasteiger partial charge >= 0.3 is 0 Å². The number of sulfonamides is 1. The predicted molar refractivity (Wildman–Crippen MR) is 125 cm³/mol. The number of anilines is 1. The van der Waals surface area contributed by atoms with Gasteiger partial charge in [-0.1, -0.05) is 12.1 Å². The summed E-state index contributed by atoms with van der Waals surface area (Å²) < 4.78 is 25.8. The van der Waals surface area contributed by atoms with Gasteiger partial charge in [0.15, 0.2) is 0 Å². The summed E-state index contributed by atoms with van der Waals surface area (Å²) in [5, 5.41) is 2.91. The molecule has 3 rings (SSSR count). The number of hydrogen-bond donors (Lipinski definition) is 2. The lowest BCUT2D eigenvalue weighted by Crippen LogP contribution is -2.42. The highest BCUT2D eigenvalue weighted by Gasteiger charge is 2.24. The lowest BCUT2D eigenvalue weighted by atomic mass is 10.0. The molecular formula is C24H31N3O4S.